The van der Waals surface area contributed by atoms with Gasteiger partial charge in [0.2, 0.25) is 0 Å². The van der Waals surface area contributed by atoms with E-state index in [-0.39, 0.29) is 18.2 Å². The summed E-state index contributed by atoms with van der Waals surface area (Å²) in [6.07, 6.45) is 8.16. The molecule has 0 saturated heterocycles. The van der Waals surface area contributed by atoms with E-state index in [4.69, 9.17) is 4.74 Å². The molecule has 28 heavy (non-hydrogen) atoms. The van der Waals surface area contributed by atoms with Gasteiger partial charge < -0.3 is 10.1 Å². The maximum Gasteiger partial charge on any atom is 0.269 e. The van der Waals surface area contributed by atoms with Crippen molar-refractivity contribution in [2.45, 2.75) is 58.4 Å². The van der Waals surface area contributed by atoms with E-state index in [1.165, 1.54) is 25.7 Å². The third kappa shape index (κ3) is 5.57. The van der Waals surface area contributed by atoms with Crippen molar-refractivity contribution in [1.29, 1.82) is 0 Å². The van der Waals surface area contributed by atoms with Crippen LogP contribution >= 0.6 is 0 Å². The SMILES string of the molecule is CCc1cc(C(=O)NCc2cccc(OCCCCCC3CC3)c2F)n(C)n1. The molecular formula is C22H30FN3O2. The van der Waals surface area contributed by atoms with E-state index in [2.05, 4.69) is 10.4 Å². The molecule has 1 aromatic heterocycles. The number of aryl methyl sites for hydroxylation is 2. The molecule has 1 heterocycles. The number of carbonyl (C=O) groups is 1. The zero-order valence-electron chi connectivity index (χ0n) is 16.8. The van der Waals surface area contributed by atoms with Crippen LogP contribution in [-0.2, 0) is 20.0 Å². The molecule has 152 valence electrons. The molecular weight excluding hydrogens is 357 g/mol. The van der Waals surface area contributed by atoms with Crippen molar-refractivity contribution in [3.8, 4) is 5.75 Å². The monoisotopic (exact) mass is 387 g/mol. The van der Waals surface area contributed by atoms with E-state index in [1.54, 1.807) is 36.0 Å². The van der Waals surface area contributed by atoms with Gasteiger partial charge >= 0.3 is 0 Å². The molecule has 0 unspecified atom stereocenters. The minimum Gasteiger partial charge on any atom is -0.491 e. The normalized spacial score (nSPS) is 13.5. The fourth-order valence-electron chi connectivity index (χ4n) is 3.28. The molecule has 0 aliphatic heterocycles. The zero-order chi connectivity index (χ0) is 19.9. The van der Waals surface area contributed by atoms with Gasteiger partial charge in [-0.05, 0) is 30.9 Å². The number of amides is 1. The Labute approximate surface area is 166 Å². The standard InChI is InChI=1S/C22H30FN3O2/c1-3-18-14-19(26(2)25-18)22(27)24-15-17-9-7-10-20(21(17)23)28-13-6-4-5-8-16-11-12-16/h7,9-10,14,16H,3-6,8,11-13,15H2,1-2H3,(H,24,27). The van der Waals surface area contributed by atoms with Gasteiger partial charge in [0.15, 0.2) is 11.6 Å². The van der Waals surface area contributed by atoms with E-state index < -0.39 is 5.82 Å². The van der Waals surface area contributed by atoms with Crippen molar-refractivity contribution in [3.05, 3.63) is 47.0 Å². The summed E-state index contributed by atoms with van der Waals surface area (Å²) in [6, 6.07) is 6.82. The minimum absolute atomic E-state index is 0.107. The topological polar surface area (TPSA) is 56.1 Å². The number of halogens is 1. The van der Waals surface area contributed by atoms with Crippen LogP contribution in [0.25, 0.3) is 0 Å². The van der Waals surface area contributed by atoms with E-state index in [0.29, 0.717) is 17.9 Å². The van der Waals surface area contributed by atoms with Crippen molar-refractivity contribution < 1.29 is 13.9 Å². The van der Waals surface area contributed by atoms with Crippen LogP contribution in [0.2, 0.25) is 0 Å². The lowest BCUT2D eigenvalue weighted by Gasteiger charge is -2.11. The first-order chi connectivity index (χ1) is 13.6. The van der Waals surface area contributed by atoms with Crippen LogP contribution in [-0.4, -0.2) is 22.3 Å². The number of aromatic nitrogens is 2. The van der Waals surface area contributed by atoms with Gasteiger partial charge in [0, 0.05) is 19.2 Å². The fourth-order valence-corrected chi connectivity index (χ4v) is 3.28. The van der Waals surface area contributed by atoms with Gasteiger partial charge in [-0.25, -0.2) is 4.39 Å². The summed E-state index contributed by atoms with van der Waals surface area (Å²) in [6.45, 7) is 2.61. The number of benzene rings is 1. The smallest absolute Gasteiger partial charge is 0.269 e. The maximum atomic E-state index is 14.7. The van der Waals surface area contributed by atoms with Crippen molar-refractivity contribution >= 4 is 5.91 Å². The Morgan fingerprint density at radius 2 is 2.14 bits per heavy atom. The van der Waals surface area contributed by atoms with Gasteiger partial charge in [-0.3, -0.25) is 9.48 Å². The second kappa shape index (κ2) is 9.71. The summed E-state index contributed by atoms with van der Waals surface area (Å²) >= 11 is 0. The number of unbranched alkanes of at least 4 members (excludes halogenated alkanes) is 2. The average Bonchev–Trinajstić information content (AvgIpc) is 3.44. The molecule has 0 bridgehead atoms. The van der Waals surface area contributed by atoms with Gasteiger partial charge in [-0.2, -0.15) is 5.10 Å². The average molecular weight is 387 g/mol. The Kier molecular flexibility index (Phi) is 7.06. The van der Waals surface area contributed by atoms with Crippen LogP contribution in [0, 0.1) is 11.7 Å². The first-order valence-corrected chi connectivity index (χ1v) is 10.3. The Morgan fingerprint density at radius 1 is 1.32 bits per heavy atom. The van der Waals surface area contributed by atoms with Gasteiger partial charge in [-0.15, -0.1) is 0 Å². The number of hydrogen-bond acceptors (Lipinski definition) is 3. The Balaban J connectivity index is 1.47. The van der Waals surface area contributed by atoms with Gasteiger partial charge in [0.25, 0.3) is 5.91 Å². The van der Waals surface area contributed by atoms with E-state index in [1.807, 2.05) is 6.92 Å². The summed E-state index contributed by atoms with van der Waals surface area (Å²) in [5.41, 5.74) is 1.74. The first kappa shape index (κ1) is 20.4. The Hall–Kier alpha value is -2.37. The fraction of sp³-hybridized carbons (Fsp3) is 0.545. The predicted octanol–water partition coefficient (Wildman–Crippen LogP) is 4.40. The summed E-state index contributed by atoms with van der Waals surface area (Å²) < 4.78 is 21.8. The summed E-state index contributed by atoms with van der Waals surface area (Å²) in [5.74, 6) is 0.545. The van der Waals surface area contributed by atoms with Crippen LogP contribution in [0.1, 0.15) is 67.2 Å². The highest BCUT2D eigenvalue weighted by atomic mass is 19.1. The van der Waals surface area contributed by atoms with Crippen LogP contribution in [0.15, 0.2) is 24.3 Å². The van der Waals surface area contributed by atoms with Crippen LogP contribution in [0.4, 0.5) is 4.39 Å². The quantitative estimate of drug-likeness (QED) is 0.582. The number of ether oxygens (including phenoxy) is 1. The highest BCUT2D eigenvalue weighted by Gasteiger charge is 2.20. The number of nitrogens with zero attached hydrogens (tertiary/aromatic N) is 2. The van der Waals surface area contributed by atoms with E-state index in [0.717, 1.165) is 30.9 Å². The summed E-state index contributed by atoms with van der Waals surface area (Å²) in [5, 5.41) is 7.03. The van der Waals surface area contributed by atoms with Crippen molar-refractivity contribution in [1.82, 2.24) is 15.1 Å². The maximum absolute atomic E-state index is 14.7. The highest BCUT2D eigenvalue weighted by molar-refractivity contribution is 5.92. The molecule has 2 aromatic rings. The third-order valence-electron chi connectivity index (χ3n) is 5.22. The number of rotatable bonds is 11. The van der Waals surface area contributed by atoms with Crippen molar-refractivity contribution in [2.75, 3.05) is 6.61 Å². The number of carbonyl (C=O) groups excluding carboxylic acids is 1. The number of nitrogens with one attached hydrogen (secondary N) is 1. The predicted molar refractivity (Wildman–Crippen MR) is 107 cm³/mol. The lowest BCUT2D eigenvalue weighted by atomic mass is 10.1. The van der Waals surface area contributed by atoms with Gasteiger partial charge in [0.05, 0.1) is 12.3 Å². The van der Waals surface area contributed by atoms with Crippen LogP contribution < -0.4 is 10.1 Å². The van der Waals surface area contributed by atoms with E-state index in [9.17, 15) is 9.18 Å². The van der Waals surface area contributed by atoms with Crippen molar-refractivity contribution in [3.63, 3.8) is 0 Å². The number of hydrogen-bond donors (Lipinski definition) is 1. The van der Waals surface area contributed by atoms with Crippen molar-refractivity contribution in [2.24, 2.45) is 13.0 Å². The molecule has 1 aliphatic rings. The molecule has 1 aliphatic carbocycles. The van der Waals surface area contributed by atoms with Gasteiger partial charge in [0.1, 0.15) is 5.69 Å². The summed E-state index contributed by atoms with van der Waals surface area (Å²) in [4.78, 5) is 12.4. The molecule has 1 amide bonds. The second-order valence-electron chi connectivity index (χ2n) is 7.55. The lowest BCUT2D eigenvalue weighted by Crippen LogP contribution is -2.25. The molecule has 1 N–H and O–H groups in total. The first-order valence-electron chi connectivity index (χ1n) is 10.3. The molecule has 5 nitrogen and oxygen atoms in total. The molecule has 1 saturated carbocycles. The minimum atomic E-state index is -0.403. The van der Waals surface area contributed by atoms with Crippen LogP contribution in [0.5, 0.6) is 5.75 Å². The molecule has 3 rings (SSSR count). The molecule has 1 fully saturated rings. The molecule has 6 heteroatoms. The van der Waals surface area contributed by atoms with E-state index >= 15 is 0 Å². The van der Waals surface area contributed by atoms with Crippen LogP contribution in [0.3, 0.4) is 0 Å². The Morgan fingerprint density at radius 3 is 2.86 bits per heavy atom. The highest BCUT2D eigenvalue weighted by Crippen LogP contribution is 2.34. The third-order valence-corrected chi connectivity index (χ3v) is 5.22. The Bertz CT molecular complexity index is 799. The zero-order valence-corrected chi connectivity index (χ0v) is 16.8. The molecule has 0 spiro atoms. The molecule has 1 aromatic carbocycles. The second-order valence-corrected chi connectivity index (χ2v) is 7.55. The lowest BCUT2D eigenvalue weighted by molar-refractivity contribution is 0.0941. The molecule has 0 radical (unpaired) electrons. The molecule has 0 atom stereocenters. The van der Waals surface area contributed by atoms with Gasteiger partial charge in [-0.1, -0.05) is 51.2 Å². The largest absolute Gasteiger partial charge is 0.491 e. The summed E-state index contributed by atoms with van der Waals surface area (Å²) in [7, 11) is 1.73.